The molecule has 184 valence electrons. The van der Waals surface area contributed by atoms with Crippen molar-refractivity contribution in [3.63, 3.8) is 0 Å². The van der Waals surface area contributed by atoms with E-state index in [4.69, 9.17) is 13.9 Å². The maximum Gasteiger partial charge on any atom is 0.414 e. The van der Waals surface area contributed by atoms with E-state index < -0.39 is 18.0 Å². The molecule has 2 aromatic heterocycles. The molecule has 0 bridgehead atoms. The lowest BCUT2D eigenvalue weighted by atomic mass is 10.1. The van der Waals surface area contributed by atoms with Crippen molar-refractivity contribution in [2.45, 2.75) is 31.9 Å². The number of benzene rings is 1. The van der Waals surface area contributed by atoms with E-state index in [1.165, 1.54) is 17.2 Å². The number of hydrogen-bond acceptors (Lipinski definition) is 9. The number of aryl methyl sites for hydroxylation is 1. The number of hydrogen-bond donors (Lipinski definition) is 1. The Kier molecular flexibility index (Phi) is 7.27. The molecule has 5 rings (SSSR count). The number of aromatic nitrogens is 3. The summed E-state index contributed by atoms with van der Waals surface area (Å²) in [4.78, 5) is 30.0. The van der Waals surface area contributed by atoms with Crippen LogP contribution in [0.25, 0.3) is 22.7 Å². The summed E-state index contributed by atoms with van der Waals surface area (Å²) in [5, 5.41) is 10.7. The van der Waals surface area contributed by atoms with Crippen LogP contribution < -0.4 is 10.2 Å². The van der Waals surface area contributed by atoms with Crippen LogP contribution in [-0.2, 0) is 14.3 Å². The van der Waals surface area contributed by atoms with Gasteiger partial charge in [-0.1, -0.05) is 6.07 Å². The van der Waals surface area contributed by atoms with Gasteiger partial charge >= 0.3 is 12.1 Å². The zero-order valence-corrected chi connectivity index (χ0v) is 19.6. The topological polar surface area (TPSA) is 120 Å². The minimum absolute atomic E-state index is 0. The molecule has 0 saturated carbocycles. The van der Waals surface area contributed by atoms with Gasteiger partial charge in [-0.25, -0.2) is 9.18 Å². The lowest BCUT2D eigenvalue weighted by molar-refractivity contribution is -0.148. The van der Waals surface area contributed by atoms with Gasteiger partial charge < -0.3 is 19.2 Å². The van der Waals surface area contributed by atoms with Gasteiger partial charge in [0.15, 0.2) is 6.10 Å². The van der Waals surface area contributed by atoms with Gasteiger partial charge in [-0.15, -0.1) is 22.6 Å². The first-order valence-corrected chi connectivity index (χ1v) is 10.9. The molecule has 35 heavy (non-hydrogen) atoms. The van der Waals surface area contributed by atoms with E-state index in [9.17, 15) is 14.0 Å². The number of nitrogens with zero attached hydrogens (tertiary/aromatic N) is 4. The predicted molar refractivity (Wildman–Crippen MR) is 125 cm³/mol. The standard InChI is InChI=1S/C23H22FN5O5.ClH/c1-13-27-28-21(33-13)19-7-4-14(10-26-19)17-6-5-15(9-18(17)24)29-11-16(34-23(29)31)12-32-22(30)20-3-2-8-25-20;/h4-7,9-10,16,20,25H,2-3,8,11-12H2,1H3;1H/t16-,20+;/m1./s1. The zero-order chi connectivity index (χ0) is 23.7. The lowest BCUT2D eigenvalue weighted by Gasteiger charge is -2.15. The van der Waals surface area contributed by atoms with Crippen LogP contribution >= 0.6 is 12.4 Å². The fourth-order valence-corrected chi connectivity index (χ4v) is 3.97. The molecule has 2 atom stereocenters. The molecule has 0 spiro atoms. The molecule has 1 amide bonds. The Labute approximate surface area is 206 Å². The predicted octanol–water partition coefficient (Wildman–Crippen LogP) is 3.29. The first-order chi connectivity index (χ1) is 16.5. The highest BCUT2D eigenvalue weighted by Crippen LogP contribution is 2.30. The first-order valence-electron chi connectivity index (χ1n) is 10.9. The highest BCUT2D eigenvalue weighted by molar-refractivity contribution is 5.90. The minimum atomic E-state index is -0.620. The fourth-order valence-electron chi connectivity index (χ4n) is 3.97. The number of halogens is 2. The van der Waals surface area contributed by atoms with E-state index in [1.54, 1.807) is 31.2 Å². The molecule has 2 fully saturated rings. The third-order valence-electron chi connectivity index (χ3n) is 5.71. The summed E-state index contributed by atoms with van der Waals surface area (Å²) in [6, 6.07) is 7.53. The van der Waals surface area contributed by atoms with Crippen LogP contribution in [0.4, 0.5) is 14.9 Å². The molecule has 1 aromatic carbocycles. The van der Waals surface area contributed by atoms with E-state index in [-0.39, 0.29) is 43.5 Å². The van der Waals surface area contributed by atoms with Gasteiger partial charge in [-0.05, 0) is 43.7 Å². The van der Waals surface area contributed by atoms with Gasteiger partial charge in [0.05, 0.1) is 12.2 Å². The van der Waals surface area contributed by atoms with Crippen molar-refractivity contribution in [3.8, 4) is 22.7 Å². The number of carbonyl (C=O) groups is 2. The Morgan fingerprint density at radius 3 is 2.80 bits per heavy atom. The van der Waals surface area contributed by atoms with Crippen LogP contribution in [0.5, 0.6) is 0 Å². The molecule has 3 aromatic rings. The van der Waals surface area contributed by atoms with Crippen LogP contribution in [0.15, 0.2) is 40.9 Å². The largest absolute Gasteiger partial charge is 0.461 e. The molecule has 4 heterocycles. The van der Waals surface area contributed by atoms with Crippen molar-refractivity contribution in [3.05, 3.63) is 48.2 Å². The molecule has 0 unspecified atom stereocenters. The van der Waals surface area contributed by atoms with Crippen molar-refractivity contribution < 1.29 is 27.9 Å². The molecule has 2 aliphatic rings. The number of pyridine rings is 1. The summed E-state index contributed by atoms with van der Waals surface area (Å²) in [6.07, 6.45) is 1.93. The molecular weight excluding hydrogens is 481 g/mol. The van der Waals surface area contributed by atoms with Gasteiger partial charge in [-0.3, -0.25) is 14.7 Å². The number of ether oxygens (including phenoxy) is 2. The summed E-state index contributed by atoms with van der Waals surface area (Å²) in [5.41, 5.74) is 1.71. The second-order valence-corrected chi connectivity index (χ2v) is 8.12. The van der Waals surface area contributed by atoms with Crippen molar-refractivity contribution in [2.75, 3.05) is 24.6 Å². The van der Waals surface area contributed by atoms with Crippen LogP contribution in [0.2, 0.25) is 0 Å². The van der Waals surface area contributed by atoms with Gasteiger partial charge in [0, 0.05) is 24.2 Å². The first kappa shape index (κ1) is 24.6. The molecule has 10 nitrogen and oxygen atoms in total. The Balaban J connectivity index is 0.00000289. The molecular formula is C23H23ClFN5O5. The second kappa shape index (κ2) is 10.4. The number of amides is 1. The summed E-state index contributed by atoms with van der Waals surface area (Å²) in [5.74, 6) is -0.159. The number of nitrogens with one attached hydrogen (secondary N) is 1. The Morgan fingerprint density at radius 1 is 1.29 bits per heavy atom. The fraction of sp³-hybridized carbons (Fsp3) is 0.348. The van der Waals surface area contributed by atoms with E-state index in [0.717, 1.165) is 19.4 Å². The summed E-state index contributed by atoms with van der Waals surface area (Å²) in [7, 11) is 0. The van der Waals surface area contributed by atoms with Crippen LogP contribution in [0.3, 0.4) is 0 Å². The highest BCUT2D eigenvalue weighted by atomic mass is 35.5. The van der Waals surface area contributed by atoms with Crippen molar-refractivity contribution in [2.24, 2.45) is 0 Å². The Bertz CT molecular complexity index is 1220. The third-order valence-corrected chi connectivity index (χ3v) is 5.71. The number of cyclic esters (lactones) is 1. The molecule has 0 aliphatic carbocycles. The molecule has 2 aliphatic heterocycles. The van der Waals surface area contributed by atoms with E-state index in [2.05, 4.69) is 20.5 Å². The third kappa shape index (κ3) is 5.25. The van der Waals surface area contributed by atoms with Gasteiger partial charge in [-0.2, -0.15) is 0 Å². The summed E-state index contributed by atoms with van der Waals surface area (Å²) in [6.45, 7) is 2.58. The number of anilines is 1. The maximum atomic E-state index is 14.9. The molecule has 1 N–H and O–H groups in total. The van der Waals surface area contributed by atoms with Crippen LogP contribution in [-0.4, -0.2) is 59.1 Å². The van der Waals surface area contributed by atoms with Crippen LogP contribution in [0, 0.1) is 12.7 Å². The number of esters is 1. The summed E-state index contributed by atoms with van der Waals surface area (Å²) >= 11 is 0. The van der Waals surface area contributed by atoms with Crippen molar-refractivity contribution >= 4 is 30.2 Å². The molecule has 2 saturated heterocycles. The van der Waals surface area contributed by atoms with Gasteiger partial charge in [0.2, 0.25) is 5.89 Å². The monoisotopic (exact) mass is 503 g/mol. The molecule has 12 heteroatoms. The smallest absolute Gasteiger partial charge is 0.414 e. The second-order valence-electron chi connectivity index (χ2n) is 8.12. The quantitative estimate of drug-likeness (QED) is 0.505. The van der Waals surface area contributed by atoms with Gasteiger partial charge in [0.25, 0.3) is 5.89 Å². The molecule has 0 radical (unpaired) electrons. The lowest BCUT2D eigenvalue weighted by Crippen LogP contribution is -2.35. The number of rotatable bonds is 6. The van der Waals surface area contributed by atoms with Crippen LogP contribution in [0.1, 0.15) is 18.7 Å². The maximum absolute atomic E-state index is 14.9. The van der Waals surface area contributed by atoms with Crippen molar-refractivity contribution in [1.82, 2.24) is 20.5 Å². The van der Waals surface area contributed by atoms with E-state index >= 15 is 0 Å². The van der Waals surface area contributed by atoms with E-state index in [0.29, 0.717) is 28.4 Å². The Morgan fingerprint density at radius 2 is 2.14 bits per heavy atom. The highest BCUT2D eigenvalue weighted by Gasteiger charge is 2.34. The zero-order valence-electron chi connectivity index (χ0n) is 18.8. The average molecular weight is 504 g/mol. The van der Waals surface area contributed by atoms with Crippen molar-refractivity contribution in [1.29, 1.82) is 0 Å². The summed E-state index contributed by atoms with van der Waals surface area (Å²) < 4.78 is 30.9. The average Bonchev–Trinajstić information content (AvgIpc) is 3.59. The minimum Gasteiger partial charge on any atom is -0.461 e. The SMILES string of the molecule is Cc1nnc(-c2ccc(-c3ccc(N4C[C@H](COC(=O)[C@@H]5CCCN5)OC4=O)cc3F)cn2)o1.Cl. The number of carbonyl (C=O) groups excluding carboxylic acids is 2. The normalized spacial score (nSPS) is 19.4. The Hall–Kier alpha value is -3.57. The van der Waals surface area contributed by atoms with Gasteiger partial charge in [0.1, 0.15) is 24.2 Å². The van der Waals surface area contributed by atoms with E-state index in [1.807, 2.05) is 0 Å².